The lowest BCUT2D eigenvalue weighted by Crippen LogP contribution is -2.39. The van der Waals surface area contributed by atoms with Gasteiger partial charge in [0, 0.05) is 26.7 Å². The third-order valence-corrected chi connectivity index (χ3v) is 4.38. The maximum atomic E-state index is 4.31. The number of hydrogen-bond donors (Lipinski definition) is 2. The van der Waals surface area contributed by atoms with E-state index in [9.17, 15) is 0 Å². The van der Waals surface area contributed by atoms with Gasteiger partial charge in [-0.15, -0.1) is 24.0 Å². The minimum atomic E-state index is 0. The molecule has 138 valence electrons. The van der Waals surface area contributed by atoms with Gasteiger partial charge in [-0.1, -0.05) is 57.9 Å². The molecule has 0 saturated carbocycles. The summed E-state index contributed by atoms with van der Waals surface area (Å²) >= 11 is 0. The highest BCUT2D eigenvalue weighted by Crippen LogP contribution is 2.08. The third kappa shape index (κ3) is 8.87. The highest BCUT2D eigenvalue weighted by atomic mass is 127. The lowest BCUT2D eigenvalue weighted by molar-refractivity contribution is 0.345. The van der Waals surface area contributed by atoms with Crippen molar-refractivity contribution in [3.63, 3.8) is 0 Å². The molecule has 4 nitrogen and oxygen atoms in total. The molecule has 0 heterocycles. The van der Waals surface area contributed by atoms with Crippen molar-refractivity contribution in [2.45, 2.75) is 46.7 Å². The second-order valence-corrected chi connectivity index (χ2v) is 6.14. The van der Waals surface area contributed by atoms with Crippen LogP contribution in [0, 0.1) is 5.92 Å². The summed E-state index contributed by atoms with van der Waals surface area (Å²) in [7, 11) is 3.98. The first-order valence-corrected chi connectivity index (χ1v) is 8.83. The van der Waals surface area contributed by atoms with Gasteiger partial charge in [-0.05, 0) is 30.6 Å². The zero-order valence-electron chi connectivity index (χ0n) is 15.9. The number of halogens is 1. The molecule has 0 aromatic heterocycles. The Bertz CT molecular complexity index is 472. The smallest absolute Gasteiger partial charge is 0.191 e. The molecule has 0 bridgehead atoms. The maximum Gasteiger partial charge on any atom is 0.191 e. The minimum Gasteiger partial charge on any atom is -0.356 e. The zero-order valence-corrected chi connectivity index (χ0v) is 18.3. The molecule has 0 aliphatic heterocycles. The molecular weight excluding hydrogens is 411 g/mol. The van der Waals surface area contributed by atoms with Crippen LogP contribution >= 0.6 is 24.0 Å². The lowest BCUT2D eigenvalue weighted by atomic mass is 10.0. The van der Waals surface area contributed by atoms with Crippen molar-refractivity contribution in [2.24, 2.45) is 10.9 Å². The summed E-state index contributed by atoms with van der Waals surface area (Å²) in [5.74, 6) is 1.59. The van der Waals surface area contributed by atoms with Gasteiger partial charge in [0.2, 0.25) is 0 Å². The molecule has 1 rings (SSSR count). The van der Waals surface area contributed by atoms with Crippen LogP contribution in [0.25, 0.3) is 0 Å². The predicted molar refractivity (Wildman–Crippen MR) is 116 cm³/mol. The van der Waals surface area contributed by atoms with Crippen LogP contribution in [0.3, 0.4) is 0 Å². The predicted octanol–water partition coefficient (Wildman–Crippen LogP) is 3.86. The van der Waals surface area contributed by atoms with Gasteiger partial charge < -0.3 is 15.5 Å². The summed E-state index contributed by atoms with van der Waals surface area (Å²) in [5, 5.41) is 6.84. The first kappa shape index (κ1) is 23.2. The summed E-state index contributed by atoms with van der Waals surface area (Å²) in [5.41, 5.74) is 2.64. The van der Waals surface area contributed by atoms with E-state index in [0.717, 1.165) is 32.1 Å². The van der Waals surface area contributed by atoms with E-state index in [-0.39, 0.29) is 24.0 Å². The topological polar surface area (TPSA) is 39.7 Å². The molecule has 1 aromatic carbocycles. The number of aliphatic imine (C=N–C) groups is 1. The van der Waals surface area contributed by atoms with E-state index in [1.54, 1.807) is 0 Å². The lowest BCUT2D eigenvalue weighted by Gasteiger charge is -2.17. The Labute approximate surface area is 165 Å². The number of nitrogens with zero attached hydrogens (tertiary/aromatic N) is 2. The van der Waals surface area contributed by atoms with Gasteiger partial charge in [-0.25, -0.2) is 0 Å². The van der Waals surface area contributed by atoms with Crippen LogP contribution < -0.4 is 10.6 Å². The molecule has 0 fully saturated rings. The molecule has 0 amide bonds. The fourth-order valence-electron chi connectivity index (χ4n) is 2.49. The minimum absolute atomic E-state index is 0. The second kappa shape index (κ2) is 13.5. The summed E-state index contributed by atoms with van der Waals surface area (Å²) in [6.45, 7) is 10.5. The Morgan fingerprint density at radius 3 is 2.38 bits per heavy atom. The first-order valence-electron chi connectivity index (χ1n) is 8.83. The summed E-state index contributed by atoms with van der Waals surface area (Å²) in [6.07, 6.45) is 2.40. The van der Waals surface area contributed by atoms with E-state index in [2.05, 4.69) is 72.6 Å². The summed E-state index contributed by atoms with van der Waals surface area (Å²) in [6, 6.07) is 8.76. The summed E-state index contributed by atoms with van der Waals surface area (Å²) < 4.78 is 0. The van der Waals surface area contributed by atoms with Crippen LogP contribution in [0.15, 0.2) is 29.3 Å². The Kier molecular flexibility index (Phi) is 13.0. The van der Waals surface area contributed by atoms with E-state index in [1.807, 2.05) is 7.05 Å². The van der Waals surface area contributed by atoms with Crippen LogP contribution in [0.5, 0.6) is 0 Å². The van der Waals surface area contributed by atoms with E-state index in [0.29, 0.717) is 5.92 Å². The molecule has 0 saturated heterocycles. The molecule has 2 N–H and O–H groups in total. The average molecular weight is 446 g/mol. The standard InChI is InChI=1S/C19H34N4.HI/c1-6-16(7-2)13-21-19(20-4)22-14-17-10-9-11-18(12-17)15-23(5)8-3;/h9-12,16H,6-8,13-15H2,1-5H3,(H2,20,21,22);1H. The fourth-order valence-corrected chi connectivity index (χ4v) is 2.49. The van der Waals surface area contributed by atoms with Crippen molar-refractivity contribution in [3.8, 4) is 0 Å². The van der Waals surface area contributed by atoms with Gasteiger partial charge in [-0.2, -0.15) is 0 Å². The van der Waals surface area contributed by atoms with Gasteiger partial charge in [0.25, 0.3) is 0 Å². The van der Waals surface area contributed by atoms with Crippen LogP contribution in [0.4, 0.5) is 0 Å². The number of hydrogen-bond acceptors (Lipinski definition) is 2. The first-order chi connectivity index (χ1) is 11.1. The molecule has 0 spiro atoms. The van der Waals surface area contributed by atoms with Crippen LogP contribution in [0.2, 0.25) is 0 Å². The maximum absolute atomic E-state index is 4.31. The number of rotatable bonds is 9. The van der Waals surface area contributed by atoms with E-state index in [1.165, 1.54) is 24.0 Å². The van der Waals surface area contributed by atoms with Gasteiger partial charge >= 0.3 is 0 Å². The second-order valence-electron chi connectivity index (χ2n) is 6.14. The third-order valence-electron chi connectivity index (χ3n) is 4.38. The van der Waals surface area contributed by atoms with E-state index >= 15 is 0 Å². The zero-order chi connectivity index (χ0) is 17.1. The molecular formula is C19H35IN4. The van der Waals surface area contributed by atoms with Gasteiger partial charge in [-0.3, -0.25) is 4.99 Å². The van der Waals surface area contributed by atoms with Gasteiger partial charge in [0.1, 0.15) is 0 Å². The number of benzene rings is 1. The molecule has 0 atom stereocenters. The van der Waals surface area contributed by atoms with Crippen LogP contribution in [-0.2, 0) is 13.1 Å². The summed E-state index contributed by atoms with van der Waals surface area (Å²) in [4.78, 5) is 6.62. The normalized spacial score (nSPS) is 11.5. The van der Waals surface area contributed by atoms with Crippen molar-refractivity contribution >= 4 is 29.9 Å². The highest BCUT2D eigenvalue weighted by Gasteiger charge is 2.05. The molecule has 1 aromatic rings. The molecule has 0 aliphatic carbocycles. The van der Waals surface area contributed by atoms with Crippen LogP contribution in [0.1, 0.15) is 44.7 Å². The van der Waals surface area contributed by atoms with Crippen molar-refractivity contribution in [3.05, 3.63) is 35.4 Å². The number of nitrogens with one attached hydrogen (secondary N) is 2. The Balaban J connectivity index is 0.00000529. The molecule has 0 aliphatic rings. The molecule has 5 heteroatoms. The highest BCUT2D eigenvalue weighted by molar-refractivity contribution is 14.0. The van der Waals surface area contributed by atoms with Gasteiger partial charge in [0.05, 0.1) is 0 Å². The van der Waals surface area contributed by atoms with Crippen molar-refractivity contribution < 1.29 is 0 Å². The van der Waals surface area contributed by atoms with E-state index in [4.69, 9.17) is 0 Å². The molecule has 0 unspecified atom stereocenters. The van der Waals surface area contributed by atoms with Gasteiger partial charge in [0.15, 0.2) is 5.96 Å². The fraction of sp³-hybridized carbons (Fsp3) is 0.632. The average Bonchev–Trinajstić information content (AvgIpc) is 2.58. The monoisotopic (exact) mass is 446 g/mol. The quantitative estimate of drug-likeness (QED) is 0.344. The molecule has 24 heavy (non-hydrogen) atoms. The Morgan fingerprint density at radius 2 is 1.79 bits per heavy atom. The SMILES string of the molecule is CCC(CC)CNC(=NC)NCc1cccc(CN(C)CC)c1.I. The van der Waals surface area contributed by atoms with Crippen molar-refractivity contribution in [2.75, 3.05) is 27.2 Å². The van der Waals surface area contributed by atoms with Crippen LogP contribution in [-0.4, -0.2) is 38.0 Å². The Morgan fingerprint density at radius 1 is 1.12 bits per heavy atom. The molecule has 0 radical (unpaired) electrons. The van der Waals surface area contributed by atoms with Crippen molar-refractivity contribution in [1.82, 2.24) is 15.5 Å². The largest absolute Gasteiger partial charge is 0.356 e. The van der Waals surface area contributed by atoms with E-state index < -0.39 is 0 Å². The van der Waals surface area contributed by atoms with Crippen molar-refractivity contribution in [1.29, 1.82) is 0 Å². The Hall–Kier alpha value is -0.820. The number of guanidine groups is 1.